The second-order valence-corrected chi connectivity index (χ2v) is 13.9. The van der Waals surface area contributed by atoms with E-state index < -0.39 is 0 Å². The van der Waals surface area contributed by atoms with E-state index in [1.165, 1.54) is 33.0 Å². The van der Waals surface area contributed by atoms with E-state index in [0.717, 1.165) is 59.8 Å². The highest BCUT2D eigenvalue weighted by molar-refractivity contribution is 7.21. The predicted octanol–water partition coefficient (Wildman–Crippen LogP) is 13.8. The quantitative estimate of drug-likeness (QED) is 0.176. The van der Waals surface area contributed by atoms with E-state index in [0.29, 0.717) is 0 Å². The first-order chi connectivity index (χ1) is 25.2. The highest BCUT2D eigenvalue weighted by Gasteiger charge is 2.18. The third-order valence-electron chi connectivity index (χ3n) is 9.66. The monoisotopic (exact) mass is 670 g/mol. The van der Waals surface area contributed by atoms with Gasteiger partial charge in [0, 0.05) is 39.5 Å². The molecule has 0 atom stereocenters. The Balaban J connectivity index is 1.11. The van der Waals surface area contributed by atoms with Crippen molar-refractivity contribution in [3.63, 3.8) is 0 Å². The number of hydrogen-bond donors (Lipinski definition) is 0. The van der Waals surface area contributed by atoms with E-state index in [2.05, 4.69) is 181 Å². The smallest absolute Gasteiger partial charge is 0.136 e. The molecule has 4 heteroatoms. The Kier molecular flexibility index (Phi) is 7.00. The fourth-order valence-corrected chi connectivity index (χ4v) is 8.07. The van der Waals surface area contributed by atoms with Crippen molar-refractivity contribution >= 4 is 71.3 Å². The largest absolute Gasteiger partial charge is 0.456 e. The molecule has 10 aromatic rings. The Morgan fingerprint density at radius 1 is 0.412 bits per heavy atom. The third-order valence-corrected chi connectivity index (χ3v) is 10.7. The van der Waals surface area contributed by atoms with Gasteiger partial charge < -0.3 is 9.32 Å². The minimum Gasteiger partial charge on any atom is -0.456 e. The molecule has 0 saturated heterocycles. The summed E-state index contributed by atoms with van der Waals surface area (Å²) in [5.41, 5.74) is 11.9. The summed E-state index contributed by atoms with van der Waals surface area (Å²) in [6, 6.07) is 64.6. The van der Waals surface area contributed by atoms with Crippen LogP contribution in [0.3, 0.4) is 0 Å². The maximum Gasteiger partial charge on any atom is 0.136 e. The van der Waals surface area contributed by atoms with Crippen molar-refractivity contribution in [3.8, 4) is 32.8 Å². The lowest BCUT2D eigenvalue weighted by Crippen LogP contribution is -2.09. The average Bonchev–Trinajstić information content (AvgIpc) is 3.78. The minimum atomic E-state index is 0.862. The van der Waals surface area contributed by atoms with E-state index in [1.54, 1.807) is 11.3 Å². The molecule has 0 unspecified atom stereocenters. The zero-order valence-electron chi connectivity index (χ0n) is 27.5. The van der Waals surface area contributed by atoms with Crippen LogP contribution in [-0.4, -0.2) is 4.98 Å². The van der Waals surface area contributed by atoms with Crippen molar-refractivity contribution in [2.45, 2.75) is 0 Å². The van der Waals surface area contributed by atoms with Crippen molar-refractivity contribution in [2.75, 3.05) is 4.90 Å². The number of nitrogens with zero attached hydrogens (tertiary/aromatic N) is 2. The molecule has 0 radical (unpaired) electrons. The summed E-state index contributed by atoms with van der Waals surface area (Å²) in [5.74, 6) is 0. The van der Waals surface area contributed by atoms with E-state index in [1.807, 2.05) is 6.07 Å². The van der Waals surface area contributed by atoms with Gasteiger partial charge in [-0.2, -0.15) is 0 Å². The number of fused-ring (bicyclic) bond motifs is 5. The molecule has 0 aliphatic carbocycles. The molecule has 0 aliphatic heterocycles. The van der Waals surface area contributed by atoms with Crippen LogP contribution >= 0.6 is 11.3 Å². The molecule has 0 N–H and O–H groups in total. The number of benzene rings is 8. The Labute approximate surface area is 299 Å². The molecular formula is C47H30N2OS. The maximum atomic E-state index is 6.45. The van der Waals surface area contributed by atoms with Crippen LogP contribution < -0.4 is 4.90 Å². The summed E-state index contributed by atoms with van der Waals surface area (Å²) in [4.78, 5) is 7.37. The molecule has 0 aliphatic rings. The van der Waals surface area contributed by atoms with Gasteiger partial charge in [-0.15, -0.1) is 11.3 Å². The lowest BCUT2D eigenvalue weighted by atomic mass is 10.0. The first-order valence-electron chi connectivity index (χ1n) is 17.1. The number of thiazole rings is 1. The zero-order valence-corrected chi connectivity index (χ0v) is 28.3. The maximum absolute atomic E-state index is 6.45. The molecule has 240 valence electrons. The SMILES string of the molecule is c1ccc(-c2ccc(N(c3ccc4cc(-c5ccccc5)ccc4c3)c3ccc4oc5cc6sc(-c7ccccc7)nc6cc5c4c3)cc2)cc1. The van der Waals surface area contributed by atoms with Gasteiger partial charge in [0.1, 0.15) is 16.2 Å². The van der Waals surface area contributed by atoms with Crippen LogP contribution in [0, 0.1) is 0 Å². The van der Waals surface area contributed by atoms with Crippen LogP contribution in [0.15, 0.2) is 186 Å². The van der Waals surface area contributed by atoms with Gasteiger partial charge in [0.15, 0.2) is 0 Å². The Morgan fingerprint density at radius 3 is 1.71 bits per heavy atom. The molecular weight excluding hydrogens is 641 g/mol. The first-order valence-corrected chi connectivity index (χ1v) is 17.9. The van der Waals surface area contributed by atoms with Crippen molar-refractivity contribution in [3.05, 3.63) is 182 Å². The molecule has 0 spiro atoms. The zero-order chi connectivity index (χ0) is 33.7. The van der Waals surface area contributed by atoms with Crippen molar-refractivity contribution in [2.24, 2.45) is 0 Å². The van der Waals surface area contributed by atoms with Gasteiger partial charge in [-0.25, -0.2) is 4.98 Å². The summed E-state index contributed by atoms with van der Waals surface area (Å²) in [6.07, 6.45) is 0. The summed E-state index contributed by atoms with van der Waals surface area (Å²) in [5, 5.41) is 5.54. The second-order valence-electron chi connectivity index (χ2n) is 12.8. The summed E-state index contributed by atoms with van der Waals surface area (Å²) < 4.78 is 7.57. The van der Waals surface area contributed by atoms with Gasteiger partial charge in [-0.1, -0.05) is 121 Å². The second kappa shape index (κ2) is 12.1. The fraction of sp³-hybridized carbons (Fsp3) is 0. The standard InChI is InChI=1S/C47H30N2OS/c1-4-10-31(11-5-1)33-18-21-38(22-19-33)49(39-23-20-36-26-35(16-17-37(36)27-39)32-12-6-2-7-13-32)40-24-25-44-41(28-40)42-29-43-46(30-45(42)50-44)51-47(48-43)34-14-8-3-9-15-34/h1-30H. The van der Waals surface area contributed by atoms with Crippen LogP contribution in [0.5, 0.6) is 0 Å². The lowest BCUT2D eigenvalue weighted by molar-refractivity contribution is 0.669. The Hall–Kier alpha value is -6.49. The highest BCUT2D eigenvalue weighted by atomic mass is 32.1. The van der Waals surface area contributed by atoms with E-state index in [-0.39, 0.29) is 0 Å². The summed E-state index contributed by atoms with van der Waals surface area (Å²) in [7, 11) is 0. The van der Waals surface area contributed by atoms with Crippen LogP contribution in [-0.2, 0) is 0 Å². The topological polar surface area (TPSA) is 29.3 Å². The number of hydrogen-bond acceptors (Lipinski definition) is 4. The van der Waals surface area contributed by atoms with Crippen molar-refractivity contribution in [1.82, 2.24) is 4.98 Å². The minimum absolute atomic E-state index is 0.862. The van der Waals surface area contributed by atoms with Gasteiger partial charge in [0.25, 0.3) is 0 Å². The Morgan fingerprint density at radius 2 is 0.961 bits per heavy atom. The van der Waals surface area contributed by atoms with E-state index in [4.69, 9.17) is 9.40 Å². The molecule has 2 heterocycles. The third kappa shape index (κ3) is 5.34. The van der Waals surface area contributed by atoms with Crippen LogP contribution in [0.1, 0.15) is 0 Å². The number of aromatic nitrogens is 1. The summed E-state index contributed by atoms with van der Waals surface area (Å²) in [6.45, 7) is 0. The predicted molar refractivity (Wildman–Crippen MR) is 215 cm³/mol. The number of rotatable bonds is 6. The number of anilines is 3. The average molecular weight is 671 g/mol. The Bertz CT molecular complexity index is 2840. The molecule has 0 fully saturated rings. The molecule has 0 bridgehead atoms. The lowest BCUT2D eigenvalue weighted by Gasteiger charge is -2.26. The van der Waals surface area contributed by atoms with Gasteiger partial charge in [0.2, 0.25) is 0 Å². The summed E-state index contributed by atoms with van der Waals surface area (Å²) >= 11 is 1.70. The molecule has 3 nitrogen and oxygen atoms in total. The fourth-order valence-electron chi connectivity index (χ4n) is 7.09. The normalized spacial score (nSPS) is 11.5. The molecule has 8 aromatic carbocycles. The molecule has 10 rings (SSSR count). The van der Waals surface area contributed by atoms with Crippen molar-refractivity contribution in [1.29, 1.82) is 0 Å². The van der Waals surface area contributed by atoms with E-state index >= 15 is 0 Å². The van der Waals surface area contributed by atoms with E-state index in [9.17, 15) is 0 Å². The van der Waals surface area contributed by atoms with Gasteiger partial charge in [0.05, 0.1) is 10.2 Å². The highest BCUT2D eigenvalue weighted by Crippen LogP contribution is 2.42. The number of furan rings is 1. The molecule has 51 heavy (non-hydrogen) atoms. The van der Waals surface area contributed by atoms with Crippen molar-refractivity contribution < 1.29 is 4.42 Å². The van der Waals surface area contributed by atoms with Gasteiger partial charge >= 0.3 is 0 Å². The van der Waals surface area contributed by atoms with Gasteiger partial charge in [-0.3, -0.25) is 0 Å². The van der Waals surface area contributed by atoms with Crippen LogP contribution in [0.2, 0.25) is 0 Å². The van der Waals surface area contributed by atoms with Crippen LogP contribution in [0.4, 0.5) is 17.1 Å². The first kappa shape index (κ1) is 29.4. The van der Waals surface area contributed by atoms with Gasteiger partial charge in [-0.05, 0) is 87.6 Å². The van der Waals surface area contributed by atoms with Crippen LogP contribution in [0.25, 0.3) is 75.8 Å². The molecule has 0 amide bonds. The molecule has 2 aromatic heterocycles. The molecule has 0 saturated carbocycles.